The molecule has 4 heteroatoms. The Balaban J connectivity index is 2.04. The van der Waals surface area contributed by atoms with Crippen molar-refractivity contribution in [1.82, 2.24) is 4.98 Å². The van der Waals surface area contributed by atoms with Crippen LogP contribution < -0.4 is 5.32 Å². The minimum absolute atomic E-state index is 0.279. The zero-order valence-electron chi connectivity index (χ0n) is 10.8. The highest BCUT2D eigenvalue weighted by atomic mass is 79.9. The number of halogens is 2. The Hall–Kier alpha value is -0.640. The van der Waals surface area contributed by atoms with Crippen LogP contribution in [-0.2, 0) is 0 Å². The lowest BCUT2D eigenvalue weighted by molar-refractivity contribution is 0.312. The average molecular weight is 315 g/mol. The molecule has 1 aliphatic rings. The molecule has 0 spiro atoms. The Morgan fingerprint density at radius 3 is 2.78 bits per heavy atom. The third kappa shape index (κ3) is 3.44. The Labute approximate surface area is 117 Å². The van der Waals surface area contributed by atoms with E-state index in [9.17, 15) is 4.39 Å². The molecule has 1 heterocycles. The number of rotatable bonds is 4. The Bertz CT molecular complexity index is 391. The maximum absolute atomic E-state index is 13.8. The van der Waals surface area contributed by atoms with Crippen LogP contribution in [0.15, 0.2) is 16.7 Å². The minimum Gasteiger partial charge on any atom is -0.365 e. The van der Waals surface area contributed by atoms with E-state index in [-0.39, 0.29) is 5.82 Å². The van der Waals surface area contributed by atoms with E-state index in [1.807, 2.05) is 0 Å². The van der Waals surface area contributed by atoms with Crippen LogP contribution in [0.4, 0.5) is 10.2 Å². The number of nitrogens with zero attached hydrogens (tertiary/aromatic N) is 1. The first-order valence-corrected chi connectivity index (χ1v) is 7.57. The third-order valence-corrected chi connectivity index (χ3v) is 4.22. The van der Waals surface area contributed by atoms with Crippen molar-refractivity contribution in [2.24, 2.45) is 5.92 Å². The summed E-state index contributed by atoms with van der Waals surface area (Å²) in [5.41, 5.74) is 0. The molecule has 0 aliphatic heterocycles. The first-order valence-electron chi connectivity index (χ1n) is 6.78. The zero-order valence-corrected chi connectivity index (χ0v) is 12.3. The van der Waals surface area contributed by atoms with Crippen molar-refractivity contribution in [3.05, 3.63) is 22.6 Å². The molecule has 1 N–H and O–H groups in total. The molecule has 1 saturated carbocycles. The third-order valence-electron chi connectivity index (χ3n) is 3.79. The van der Waals surface area contributed by atoms with Crippen LogP contribution in [0.1, 0.15) is 45.4 Å². The summed E-state index contributed by atoms with van der Waals surface area (Å²) in [7, 11) is 0. The fourth-order valence-electron chi connectivity index (χ4n) is 2.79. The van der Waals surface area contributed by atoms with Crippen molar-refractivity contribution in [3.8, 4) is 0 Å². The van der Waals surface area contributed by atoms with Crippen LogP contribution in [0.25, 0.3) is 0 Å². The SMILES string of the molecule is CCC(Nc1ncc(Br)cc1F)C1CCCCC1. The van der Waals surface area contributed by atoms with Gasteiger partial charge in [-0.15, -0.1) is 0 Å². The van der Waals surface area contributed by atoms with Gasteiger partial charge in [-0.1, -0.05) is 26.2 Å². The van der Waals surface area contributed by atoms with E-state index in [2.05, 4.69) is 33.2 Å². The van der Waals surface area contributed by atoms with Crippen molar-refractivity contribution in [3.63, 3.8) is 0 Å². The van der Waals surface area contributed by atoms with Gasteiger partial charge in [0.25, 0.3) is 0 Å². The molecule has 0 bridgehead atoms. The summed E-state index contributed by atoms with van der Waals surface area (Å²) in [6, 6.07) is 1.80. The minimum atomic E-state index is -0.279. The fourth-order valence-corrected chi connectivity index (χ4v) is 3.09. The molecule has 0 amide bonds. The van der Waals surface area contributed by atoms with E-state index in [1.54, 1.807) is 6.20 Å². The molecule has 2 nitrogen and oxygen atoms in total. The van der Waals surface area contributed by atoms with Gasteiger partial charge in [-0.25, -0.2) is 9.37 Å². The monoisotopic (exact) mass is 314 g/mol. The van der Waals surface area contributed by atoms with Crippen LogP contribution in [0.2, 0.25) is 0 Å². The van der Waals surface area contributed by atoms with E-state index in [4.69, 9.17) is 0 Å². The molecule has 0 aromatic carbocycles. The van der Waals surface area contributed by atoms with Gasteiger partial charge in [-0.05, 0) is 47.2 Å². The Morgan fingerprint density at radius 2 is 2.17 bits per heavy atom. The highest BCUT2D eigenvalue weighted by Crippen LogP contribution is 2.30. The van der Waals surface area contributed by atoms with Gasteiger partial charge >= 0.3 is 0 Å². The van der Waals surface area contributed by atoms with Gasteiger partial charge in [0.2, 0.25) is 0 Å². The van der Waals surface area contributed by atoms with E-state index >= 15 is 0 Å². The summed E-state index contributed by atoms with van der Waals surface area (Å²) < 4.78 is 14.4. The van der Waals surface area contributed by atoms with Gasteiger partial charge < -0.3 is 5.32 Å². The number of pyridine rings is 1. The largest absolute Gasteiger partial charge is 0.365 e. The molecule has 0 saturated heterocycles. The maximum Gasteiger partial charge on any atom is 0.166 e. The van der Waals surface area contributed by atoms with Crippen LogP contribution in [0, 0.1) is 11.7 Å². The summed E-state index contributed by atoms with van der Waals surface area (Å²) in [6.07, 6.45) is 9.12. The normalized spacial score (nSPS) is 18.6. The molecule has 1 unspecified atom stereocenters. The predicted octanol–water partition coefficient (Wildman–Crippen LogP) is 4.75. The number of aromatic nitrogens is 1. The topological polar surface area (TPSA) is 24.9 Å². The lowest BCUT2D eigenvalue weighted by Crippen LogP contribution is -2.30. The first kappa shape index (κ1) is 13.8. The molecule has 1 aromatic heterocycles. The highest BCUT2D eigenvalue weighted by molar-refractivity contribution is 9.10. The number of hydrogen-bond acceptors (Lipinski definition) is 2. The second-order valence-electron chi connectivity index (χ2n) is 5.04. The van der Waals surface area contributed by atoms with Crippen LogP contribution in [0.5, 0.6) is 0 Å². The highest BCUT2D eigenvalue weighted by Gasteiger charge is 2.23. The zero-order chi connectivity index (χ0) is 13.0. The lowest BCUT2D eigenvalue weighted by atomic mass is 9.83. The number of hydrogen-bond donors (Lipinski definition) is 1. The second-order valence-corrected chi connectivity index (χ2v) is 5.96. The molecule has 1 aromatic rings. The molecule has 2 rings (SSSR count). The molecule has 100 valence electrons. The van der Waals surface area contributed by atoms with Gasteiger partial charge in [0.05, 0.1) is 0 Å². The van der Waals surface area contributed by atoms with Crippen molar-refractivity contribution in [2.45, 2.75) is 51.5 Å². The summed E-state index contributed by atoms with van der Waals surface area (Å²) in [4.78, 5) is 4.13. The van der Waals surface area contributed by atoms with Gasteiger partial charge in [-0.3, -0.25) is 0 Å². The summed E-state index contributed by atoms with van der Waals surface area (Å²) in [6.45, 7) is 2.16. The van der Waals surface area contributed by atoms with E-state index in [1.165, 1.54) is 38.2 Å². The van der Waals surface area contributed by atoms with Crippen LogP contribution in [0.3, 0.4) is 0 Å². The average Bonchev–Trinajstić information content (AvgIpc) is 2.39. The molecule has 1 atom stereocenters. The number of nitrogens with one attached hydrogen (secondary N) is 1. The maximum atomic E-state index is 13.8. The molecular weight excluding hydrogens is 295 g/mol. The van der Waals surface area contributed by atoms with Crippen molar-refractivity contribution in [2.75, 3.05) is 5.32 Å². The van der Waals surface area contributed by atoms with E-state index in [0.29, 0.717) is 22.3 Å². The predicted molar refractivity (Wildman–Crippen MR) is 76.2 cm³/mol. The second kappa shape index (κ2) is 6.50. The van der Waals surface area contributed by atoms with Crippen molar-refractivity contribution in [1.29, 1.82) is 0 Å². The quantitative estimate of drug-likeness (QED) is 0.867. The number of anilines is 1. The van der Waals surface area contributed by atoms with Crippen LogP contribution in [-0.4, -0.2) is 11.0 Å². The fraction of sp³-hybridized carbons (Fsp3) is 0.643. The molecule has 1 fully saturated rings. The smallest absolute Gasteiger partial charge is 0.166 e. The van der Waals surface area contributed by atoms with Crippen LogP contribution >= 0.6 is 15.9 Å². The summed E-state index contributed by atoms with van der Waals surface area (Å²) >= 11 is 3.23. The van der Waals surface area contributed by atoms with E-state index in [0.717, 1.165) is 6.42 Å². The Morgan fingerprint density at radius 1 is 1.44 bits per heavy atom. The molecule has 18 heavy (non-hydrogen) atoms. The molecular formula is C14H20BrFN2. The lowest BCUT2D eigenvalue weighted by Gasteiger charge is -2.30. The van der Waals surface area contributed by atoms with Gasteiger partial charge in [0.1, 0.15) is 0 Å². The standard InChI is InChI=1S/C14H20BrFN2/c1-2-13(10-6-4-3-5-7-10)18-14-12(16)8-11(15)9-17-14/h8-10,13H,2-7H2,1H3,(H,17,18). The molecule has 1 aliphatic carbocycles. The van der Waals surface area contributed by atoms with Gasteiger partial charge in [-0.2, -0.15) is 0 Å². The summed E-state index contributed by atoms with van der Waals surface area (Å²) in [5.74, 6) is 0.767. The summed E-state index contributed by atoms with van der Waals surface area (Å²) in [5, 5.41) is 3.29. The molecule has 0 radical (unpaired) electrons. The van der Waals surface area contributed by atoms with Crippen molar-refractivity contribution < 1.29 is 4.39 Å². The van der Waals surface area contributed by atoms with E-state index < -0.39 is 0 Å². The van der Waals surface area contributed by atoms with Gasteiger partial charge in [0, 0.05) is 16.7 Å². The Kier molecular flexibility index (Phi) is 4.98. The van der Waals surface area contributed by atoms with Gasteiger partial charge in [0.15, 0.2) is 11.6 Å². The first-order chi connectivity index (χ1) is 8.70. The van der Waals surface area contributed by atoms with Crippen molar-refractivity contribution >= 4 is 21.7 Å².